The summed E-state index contributed by atoms with van der Waals surface area (Å²) < 4.78 is 15.7. The van der Waals surface area contributed by atoms with Crippen molar-refractivity contribution in [2.24, 2.45) is 4.99 Å². The van der Waals surface area contributed by atoms with Crippen LogP contribution in [0.15, 0.2) is 47.5 Å². The van der Waals surface area contributed by atoms with E-state index in [0.717, 1.165) is 17.0 Å². The molecular formula is C18H19NO4. The van der Waals surface area contributed by atoms with E-state index in [1.165, 1.54) is 14.0 Å². The van der Waals surface area contributed by atoms with Gasteiger partial charge in [0, 0.05) is 13.1 Å². The first kappa shape index (κ1) is 16.5. The minimum absolute atomic E-state index is 0.387. The molecule has 2 rings (SSSR count). The maximum Gasteiger partial charge on any atom is 0.308 e. The van der Waals surface area contributed by atoms with E-state index < -0.39 is 0 Å². The monoisotopic (exact) mass is 313 g/mol. The second kappa shape index (κ2) is 7.98. The van der Waals surface area contributed by atoms with Crippen molar-refractivity contribution in [1.82, 2.24) is 0 Å². The van der Waals surface area contributed by atoms with Crippen LogP contribution in [0.1, 0.15) is 19.4 Å². The highest BCUT2D eigenvalue weighted by atomic mass is 16.6. The number of carbonyl (C=O) groups is 1. The zero-order chi connectivity index (χ0) is 16.7. The highest BCUT2D eigenvalue weighted by Crippen LogP contribution is 2.28. The number of carbonyl (C=O) groups excluding carboxylic acids is 1. The molecule has 0 aliphatic rings. The summed E-state index contributed by atoms with van der Waals surface area (Å²) in [5.41, 5.74) is 1.66. The molecule has 23 heavy (non-hydrogen) atoms. The van der Waals surface area contributed by atoms with Gasteiger partial charge in [0.2, 0.25) is 0 Å². The lowest BCUT2D eigenvalue weighted by atomic mass is 10.2. The van der Waals surface area contributed by atoms with Crippen molar-refractivity contribution in [3.8, 4) is 17.2 Å². The number of hydrogen-bond donors (Lipinski definition) is 0. The molecule has 0 amide bonds. The van der Waals surface area contributed by atoms with Gasteiger partial charge in [-0.05, 0) is 55.0 Å². The number of methoxy groups -OCH3 is 1. The lowest BCUT2D eigenvalue weighted by molar-refractivity contribution is -0.132. The summed E-state index contributed by atoms with van der Waals surface area (Å²) in [6.45, 7) is 3.93. The Morgan fingerprint density at radius 2 is 1.87 bits per heavy atom. The molecule has 0 aromatic heterocycles. The molecule has 0 saturated heterocycles. The number of ether oxygens (including phenoxy) is 3. The summed E-state index contributed by atoms with van der Waals surface area (Å²) in [7, 11) is 1.52. The van der Waals surface area contributed by atoms with Gasteiger partial charge in [0.05, 0.1) is 19.4 Å². The van der Waals surface area contributed by atoms with Crippen LogP contribution in [0.4, 0.5) is 5.69 Å². The molecule has 0 unspecified atom stereocenters. The number of benzene rings is 2. The minimum Gasteiger partial charge on any atom is -0.494 e. The zero-order valence-corrected chi connectivity index (χ0v) is 13.4. The number of esters is 1. The molecule has 5 nitrogen and oxygen atoms in total. The first-order valence-corrected chi connectivity index (χ1v) is 7.25. The fourth-order valence-corrected chi connectivity index (χ4v) is 1.95. The third-order valence-electron chi connectivity index (χ3n) is 2.95. The zero-order valence-electron chi connectivity index (χ0n) is 13.4. The third kappa shape index (κ3) is 4.85. The molecule has 0 fully saturated rings. The fraction of sp³-hybridized carbons (Fsp3) is 0.222. The highest BCUT2D eigenvalue weighted by molar-refractivity contribution is 5.83. The molecule has 0 bridgehead atoms. The number of nitrogens with zero attached hydrogens (tertiary/aromatic N) is 1. The second-order valence-electron chi connectivity index (χ2n) is 4.69. The van der Waals surface area contributed by atoms with Gasteiger partial charge >= 0.3 is 5.97 Å². The third-order valence-corrected chi connectivity index (χ3v) is 2.95. The first-order valence-electron chi connectivity index (χ1n) is 7.25. The minimum atomic E-state index is -0.390. The summed E-state index contributed by atoms with van der Waals surface area (Å²) >= 11 is 0. The molecular weight excluding hydrogens is 294 g/mol. The Morgan fingerprint density at radius 1 is 1.13 bits per heavy atom. The molecule has 0 spiro atoms. The van der Waals surface area contributed by atoms with Crippen LogP contribution in [-0.2, 0) is 4.79 Å². The normalized spacial score (nSPS) is 10.6. The molecule has 0 atom stereocenters. The van der Waals surface area contributed by atoms with Crippen LogP contribution in [0.25, 0.3) is 0 Å². The van der Waals surface area contributed by atoms with E-state index in [9.17, 15) is 4.79 Å². The van der Waals surface area contributed by atoms with Gasteiger partial charge in [0.15, 0.2) is 11.5 Å². The van der Waals surface area contributed by atoms with Crippen LogP contribution in [0.2, 0.25) is 0 Å². The standard InChI is InChI=1S/C18H19NO4/c1-4-22-16-8-6-15(7-9-16)19-12-14-5-10-17(23-13(2)20)18(11-14)21-3/h5-12H,4H2,1-3H3. The maximum absolute atomic E-state index is 11.0. The largest absolute Gasteiger partial charge is 0.494 e. The van der Waals surface area contributed by atoms with Crippen molar-refractivity contribution in [3.05, 3.63) is 48.0 Å². The molecule has 0 N–H and O–H groups in total. The van der Waals surface area contributed by atoms with Crippen LogP contribution >= 0.6 is 0 Å². The van der Waals surface area contributed by atoms with Crippen LogP contribution in [0.5, 0.6) is 17.2 Å². The Bertz CT molecular complexity index is 693. The van der Waals surface area contributed by atoms with Gasteiger partial charge in [-0.2, -0.15) is 0 Å². The van der Waals surface area contributed by atoms with Gasteiger partial charge < -0.3 is 14.2 Å². The van der Waals surface area contributed by atoms with Gasteiger partial charge in [-0.1, -0.05) is 0 Å². The fourth-order valence-electron chi connectivity index (χ4n) is 1.95. The molecule has 2 aromatic carbocycles. The van der Waals surface area contributed by atoms with Crippen molar-refractivity contribution in [2.75, 3.05) is 13.7 Å². The highest BCUT2D eigenvalue weighted by Gasteiger charge is 2.07. The lowest BCUT2D eigenvalue weighted by Gasteiger charge is -2.08. The number of hydrogen-bond acceptors (Lipinski definition) is 5. The molecule has 2 aromatic rings. The average Bonchev–Trinajstić information content (AvgIpc) is 2.55. The Morgan fingerprint density at radius 3 is 2.48 bits per heavy atom. The molecule has 0 saturated carbocycles. The van der Waals surface area contributed by atoms with Gasteiger partial charge in [0.25, 0.3) is 0 Å². The van der Waals surface area contributed by atoms with Crippen LogP contribution in [0.3, 0.4) is 0 Å². The van der Waals surface area contributed by atoms with Crippen molar-refractivity contribution in [3.63, 3.8) is 0 Å². The van der Waals surface area contributed by atoms with E-state index in [4.69, 9.17) is 14.2 Å². The molecule has 0 radical (unpaired) electrons. The Balaban J connectivity index is 2.14. The average molecular weight is 313 g/mol. The SMILES string of the molecule is CCOc1ccc(N=Cc2ccc(OC(C)=O)c(OC)c2)cc1. The van der Waals surface area contributed by atoms with Crippen molar-refractivity contribution >= 4 is 17.9 Å². The summed E-state index contributed by atoms with van der Waals surface area (Å²) in [6, 6.07) is 12.8. The summed E-state index contributed by atoms with van der Waals surface area (Å²) in [4.78, 5) is 15.4. The van der Waals surface area contributed by atoms with E-state index in [0.29, 0.717) is 18.1 Å². The molecule has 0 aliphatic carbocycles. The van der Waals surface area contributed by atoms with E-state index in [1.54, 1.807) is 24.4 Å². The Kier molecular flexibility index (Phi) is 5.74. The summed E-state index contributed by atoms with van der Waals surface area (Å²) in [5, 5.41) is 0. The maximum atomic E-state index is 11.0. The van der Waals surface area contributed by atoms with E-state index >= 15 is 0 Å². The lowest BCUT2D eigenvalue weighted by Crippen LogP contribution is -2.03. The van der Waals surface area contributed by atoms with Gasteiger partial charge in [-0.25, -0.2) is 0 Å². The summed E-state index contributed by atoms with van der Waals surface area (Å²) in [6.07, 6.45) is 1.72. The Labute approximate surface area is 135 Å². The van der Waals surface area contributed by atoms with Gasteiger partial charge in [-0.15, -0.1) is 0 Å². The van der Waals surface area contributed by atoms with Crippen molar-refractivity contribution < 1.29 is 19.0 Å². The smallest absolute Gasteiger partial charge is 0.308 e. The van der Waals surface area contributed by atoms with Crippen LogP contribution in [-0.4, -0.2) is 25.9 Å². The molecule has 0 heterocycles. The van der Waals surface area contributed by atoms with Crippen LogP contribution < -0.4 is 14.2 Å². The van der Waals surface area contributed by atoms with Crippen LogP contribution in [0, 0.1) is 0 Å². The van der Waals surface area contributed by atoms with Crippen molar-refractivity contribution in [1.29, 1.82) is 0 Å². The molecule has 120 valence electrons. The quantitative estimate of drug-likeness (QED) is 0.463. The van der Waals surface area contributed by atoms with Gasteiger partial charge in [-0.3, -0.25) is 9.79 Å². The molecule has 5 heteroatoms. The van der Waals surface area contributed by atoms with E-state index in [2.05, 4.69) is 4.99 Å². The molecule has 0 aliphatic heterocycles. The Hall–Kier alpha value is -2.82. The predicted octanol–water partition coefficient (Wildman–Crippen LogP) is 3.77. The van der Waals surface area contributed by atoms with Gasteiger partial charge in [0.1, 0.15) is 5.75 Å². The summed E-state index contributed by atoms with van der Waals surface area (Å²) in [5.74, 6) is 1.30. The van der Waals surface area contributed by atoms with Crippen molar-refractivity contribution in [2.45, 2.75) is 13.8 Å². The number of rotatable bonds is 6. The topological polar surface area (TPSA) is 57.1 Å². The number of aliphatic imine (C=N–C) groups is 1. The second-order valence-corrected chi connectivity index (χ2v) is 4.69. The van der Waals surface area contributed by atoms with E-state index in [-0.39, 0.29) is 5.97 Å². The van der Waals surface area contributed by atoms with E-state index in [1.807, 2.05) is 31.2 Å². The first-order chi connectivity index (χ1) is 11.1. The predicted molar refractivity (Wildman–Crippen MR) is 89.2 cm³/mol.